The number of ether oxygens (including phenoxy) is 1. The minimum Gasteiger partial charge on any atom is -0.468 e. The van der Waals surface area contributed by atoms with Crippen molar-refractivity contribution in [3.05, 3.63) is 41.1 Å². The Bertz CT molecular complexity index is 686. The maximum Gasteiger partial charge on any atom is 0.323 e. The third kappa shape index (κ3) is 3.55. The molecule has 1 aromatic carbocycles. The Balaban J connectivity index is 1.73. The van der Waals surface area contributed by atoms with Crippen LogP contribution in [-0.2, 0) is 16.1 Å². The zero-order valence-corrected chi connectivity index (χ0v) is 13.4. The molecule has 23 heavy (non-hydrogen) atoms. The molecular weight excluding hydrogens is 320 g/mol. The second-order valence-corrected chi connectivity index (χ2v) is 5.98. The van der Waals surface area contributed by atoms with Gasteiger partial charge in [0.05, 0.1) is 19.8 Å². The fourth-order valence-corrected chi connectivity index (χ4v) is 2.91. The van der Waals surface area contributed by atoms with Crippen LogP contribution in [0.5, 0.6) is 0 Å². The molecule has 1 aliphatic rings. The number of halogens is 1. The molecular formula is C16H17ClN2O4. The Morgan fingerprint density at radius 3 is 2.91 bits per heavy atom. The lowest BCUT2D eigenvalue weighted by atomic mass is 10.1. The van der Waals surface area contributed by atoms with Crippen molar-refractivity contribution in [1.82, 2.24) is 10.1 Å². The maximum absolute atomic E-state index is 11.8. The first-order chi connectivity index (χ1) is 11.1. The van der Waals surface area contributed by atoms with E-state index in [1.54, 1.807) is 12.1 Å². The first-order valence-electron chi connectivity index (χ1n) is 7.28. The summed E-state index contributed by atoms with van der Waals surface area (Å²) in [5.41, 5.74) is 1.60. The molecule has 6 nitrogen and oxygen atoms in total. The van der Waals surface area contributed by atoms with E-state index in [1.807, 2.05) is 23.1 Å². The molecule has 0 bridgehead atoms. The molecule has 1 fully saturated rings. The normalized spacial score (nSPS) is 21.5. The van der Waals surface area contributed by atoms with Crippen LogP contribution in [0.15, 0.2) is 34.9 Å². The average Bonchev–Trinajstić information content (AvgIpc) is 3.14. The molecule has 0 radical (unpaired) electrons. The highest BCUT2D eigenvalue weighted by Crippen LogP contribution is 2.25. The summed E-state index contributed by atoms with van der Waals surface area (Å²) < 4.78 is 10.1. The lowest BCUT2D eigenvalue weighted by Gasteiger charge is -2.20. The minimum atomic E-state index is -0.544. The van der Waals surface area contributed by atoms with Crippen molar-refractivity contribution in [1.29, 1.82) is 0 Å². The van der Waals surface area contributed by atoms with Crippen LogP contribution in [0.4, 0.5) is 0 Å². The number of nitrogens with zero attached hydrogens (tertiary/aromatic N) is 2. The molecule has 122 valence electrons. The molecule has 2 aromatic rings. The molecule has 0 unspecified atom stereocenters. The molecule has 0 saturated carbocycles. The van der Waals surface area contributed by atoms with Crippen LogP contribution >= 0.6 is 11.6 Å². The Kier molecular flexibility index (Phi) is 4.66. The number of methoxy groups -OCH3 is 1. The van der Waals surface area contributed by atoms with Crippen molar-refractivity contribution in [2.45, 2.75) is 25.1 Å². The first kappa shape index (κ1) is 16.0. The summed E-state index contributed by atoms with van der Waals surface area (Å²) >= 11 is 5.87. The van der Waals surface area contributed by atoms with E-state index in [0.29, 0.717) is 36.0 Å². The lowest BCUT2D eigenvalue weighted by Crippen LogP contribution is -2.36. The van der Waals surface area contributed by atoms with E-state index in [-0.39, 0.29) is 5.97 Å². The van der Waals surface area contributed by atoms with Gasteiger partial charge in [0.1, 0.15) is 11.7 Å². The minimum absolute atomic E-state index is 0.348. The average molecular weight is 337 g/mol. The summed E-state index contributed by atoms with van der Waals surface area (Å²) in [5, 5.41) is 14.5. The molecule has 0 aliphatic carbocycles. The van der Waals surface area contributed by atoms with Gasteiger partial charge in [0.25, 0.3) is 0 Å². The van der Waals surface area contributed by atoms with Crippen molar-refractivity contribution >= 4 is 17.6 Å². The van der Waals surface area contributed by atoms with Gasteiger partial charge in [-0.25, -0.2) is 0 Å². The molecule has 1 aliphatic heterocycles. The lowest BCUT2D eigenvalue weighted by molar-refractivity contribution is -0.146. The number of carbonyl (C=O) groups excluding carboxylic acids is 1. The summed E-state index contributed by atoms with van der Waals surface area (Å²) in [7, 11) is 1.35. The third-order valence-corrected chi connectivity index (χ3v) is 4.16. The summed E-state index contributed by atoms with van der Waals surface area (Å²) in [5.74, 6) is 0.275. The Labute approximate surface area is 138 Å². The first-order valence-corrected chi connectivity index (χ1v) is 7.66. The van der Waals surface area contributed by atoms with Crippen LogP contribution < -0.4 is 0 Å². The van der Waals surface area contributed by atoms with E-state index in [2.05, 4.69) is 5.16 Å². The Morgan fingerprint density at radius 1 is 1.48 bits per heavy atom. The van der Waals surface area contributed by atoms with Gasteiger partial charge < -0.3 is 14.4 Å². The number of aliphatic hydroxyl groups is 1. The van der Waals surface area contributed by atoms with Gasteiger partial charge in [-0.05, 0) is 12.1 Å². The number of hydrogen-bond acceptors (Lipinski definition) is 6. The van der Waals surface area contributed by atoms with Crippen molar-refractivity contribution in [2.24, 2.45) is 0 Å². The van der Waals surface area contributed by atoms with E-state index in [0.717, 1.165) is 5.56 Å². The van der Waals surface area contributed by atoms with Gasteiger partial charge in [-0.15, -0.1) is 0 Å². The number of likely N-dealkylation sites (tertiary alicyclic amines) is 1. The Hall–Kier alpha value is -1.89. The number of aromatic nitrogens is 1. The molecule has 1 N–H and O–H groups in total. The van der Waals surface area contributed by atoms with Crippen LogP contribution in [-0.4, -0.2) is 46.9 Å². The topological polar surface area (TPSA) is 75.8 Å². The second-order valence-electron chi connectivity index (χ2n) is 5.54. The van der Waals surface area contributed by atoms with Gasteiger partial charge >= 0.3 is 5.97 Å². The van der Waals surface area contributed by atoms with E-state index in [9.17, 15) is 9.90 Å². The van der Waals surface area contributed by atoms with Crippen molar-refractivity contribution in [3.63, 3.8) is 0 Å². The second kappa shape index (κ2) is 6.70. The van der Waals surface area contributed by atoms with Crippen molar-refractivity contribution in [2.75, 3.05) is 13.7 Å². The molecule has 1 saturated heterocycles. The zero-order chi connectivity index (χ0) is 16.4. The fraction of sp³-hybridized carbons (Fsp3) is 0.375. The SMILES string of the molecule is COC(=O)[C@H]1C[C@H](O)CN1Cc1cc(-c2ccc(Cl)cc2)no1. The van der Waals surface area contributed by atoms with Gasteiger partial charge in [0.2, 0.25) is 0 Å². The number of hydrogen-bond donors (Lipinski definition) is 1. The molecule has 3 rings (SSSR count). The van der Waals surface area contributed by atoms with E-state index in [1.165, 1.54) is 7.11 Å². The molecule has 1 aromatic heterocycles. The number of carbonyl (C=O) groups is 1. The number of aliphatic hydroxyl groups excluding tert-OH is 1. The predicted octanol–water partition coefficient (Wildman–Crippen LogP) is 2.10. The van der Waals surface area contributed by atoms with Gasteiger partial charge in [0, 0.05) is 29.6 Å². The molecule has 2 heterocycles. The molecule has 2 atom stereocenters. The fourth-order valence-electron chi connectivity index (χ4n) is 2.78. The van der Waals surface area contributed by atoms with Crippen molar-refractivity contribution < 1.29 is 19.2 Å². The molecule has 7 heteroatoms. The summed E-state index contributed by atoms with van der Waals surface area (Å²) in [4.78, 5) is 13.6. The van der Waals surface area contributed by atoms with Gasteiger partial charge in [-0.3, -0.25) is 9.69 Å². The van der Waals surface area contributed by atoms with Crippen LogP contribution in [0, 0.1) is 0 Å². The predicted molar refractivity (Wildman–Crippen MR) is 83.8 cm³/mol. The monoisotopic (exact) mass is 336 g/mol. The molecule has 0 amide bonds. The highest BCUT2D eigenvalue weighted by molar-refractivity contribution is 6.30. The van der Waals surface area contributed by atoms with Gasteiger partial charge in [0.15, 0.2) is 5.76 Å². The summed E-state index contributed by atoms with van der Waals surface area (Å²) in [6, 6.07) is 8.66. The van der Waals surface area contributed by atoms with E-state index < -0.39 is 12.1 Å². The molecule has 0 spiro atoms. The number of β-amino-alcohol motifs (C(OH)–C–C–N with tert-alkyl or cyclic N) is 1. The number of benzene rings is 1. The van der Waals surface area contributed by atoms with Gasteiger partial charge in [-0.2, -0.15) is 0 Å². The summed E-state index contributed by atoms with van der Waals surface area (Å²) in [6.45, 7) is 0.786. The standard InChI is InChI=1S/C16H17ClN2O4/c1-22-16(21)15-6-12(20)8-19(15)9-13-7-14(18-23-13)10-2-4-11(17)5-3-10/h2-5,7,12,15,20H,6,8-9H2,1H3/t12-,15+/m0/s1. The van der Waals surface area contributed by atoms with E-state index >= 15 is 0 Å². The number of esters is 1. The Morgan fingerprint density at radius 2 is 2.22 bits per heavy atom. The summed E-state index contributed by atoms with van der Waals surface area (Å²) in [6.07, 6.45) is -0.178. The van der Waals surface area contributed by atoms with E-state index in [4.69, 9.17) is 20.9 Å². The zero-order valence-electron chi connectivity index (χ0n) is 12.6. The maximum atomic E-state index is 11.8. The largest absolute Gasteiger partial charge is 0.468 e. The number of rotatable bonds is 4. The van der Waals surface area contributed by atoms with Crippen LogP contribution in [0.25, 0.3) is 11.3 Å². The highest BCUT2D eigenvalue weighted by Gasteiger charge is 2.37. The van der Waals surface area contributed by atoms with Crippen molar-refractivity contribution in [3.8, 4) is 11.3 Å². The smallest absolute Gasteiger partial charge is 0.323 e. The van der Waals surface area contributed by atoms with Crippen LogP contribution in [0.3, 0.4) is 0 Å². The van der Waals surface area contributed by atoms with Crippen LogP contribution in [0.2, 0.25) is 5.02 Å². The third-order valence-electron chi connectivity index (χ3n) is 3.91. The van der Waals surface area contributed by atoms with Crippen LogP contribution in [0.1, 0.15) is 12.2 Å². The quantitative estimate of drug-likeness (QED) is 0.862. The highest BCUT2D eigenvalue weighted by atomic mass is 35.5. The van der Waals surface area contributed by atoms with Gasteiger partial charge in [-0.1, -0.05) is 28.9 Å².